The van der Waals surface area contributed by atoms with Crippen LogP contribution in [-0.2, 0) is 4.74 Å². The number of hydrogen-bond acceptors (Lipinski definition) is 3. The molecule has 0 saturated carbocycles. The average Bonchev–Trinajstić information content (AvgIpc) is 3.09. The van der Waals surface area contributed by atoms with E-state index in [4.69, 9.17) is 4.74 Å². The maximum Gasteiger partial charge on any atom is 0.337 e. The fraction of sp³-hybridized carbons (Fsp3) is 0.100. The topological polar surface area (TPSA) is 43.6 Å². The molecule has 4 heteroatoms. The monoisotopic (exact) mass is 316 g/mol. The Balaban J connectivity index is 2.05. The van der Waals surface area contributed by atoms with Gasteiger partial charge in [-0.1, -0.05) is 35.9 Å². The molecule has 0 aliphatic heterocycles. The minimum atomic E-state index is -0.342. The quantitative estimate of drug-likeness (QED) is 0.519. The van der Waals surface area contributed by atoms with Crippen LogP contribution in [0.4, 0.5) is 0 Å². The van der Waals surface area contributed by atoms with Gasteiger partial charge in [0.05, 0.1) is 18.2 Å². The predicted octanol–water partition coefficient (Wildman–Crippen LogP) is 4.25. The van der Waals surface area contributed by atoms with Crippen LogP contribution in [-0.4, -0.2) is 22.5 Å². The van der Waals surface area contributed by atoms with Crippen molar-refractivity contribution in [3.05, 3.63) is 72.1 Å². The highest BCUT2D eigenvalue weighted by Gasteiger charge is 2.12. The standard InChI is InChI=1S/C20H16N2O2/c1-13-3-5-14(6-4-13)17-12-19-21-9-10-22(19)18-11-15(20(23)24-2)7-8-16(17)18/h3-12H,1-2H3. The third kappa shape index (κ3) is 2.24. The highest BCUT2D eigenvalue weighted by atomic mass is 16.5. The minimum Gasteiger partial charge on any atom is -0.465 e. The molecule has 118 valence electrons. The van der Waals surface area contributed by atoms with E-state index in [1.807, 2.05) is 22.7 Å². The maximum atomic E-state index is 11.9. The highest BCUT2D eigenvalue weighted by molar-refractivity contribution is 6.01. The van der Waals surface area contributed by atoms with Gasteiger partial charge < -0.3 is 4.74 Å². The second-order valence-electron chi connectivity index (χ2n) is 5.80. The van der Waals surface area contributed by atoms with Crippen molar-refractivity contribution in [3.8, 4) is 11.1 Å². The van der Waals surface area contributed by atoms with Gasteiger partial charge in [-0.25, -0.2) is 9.78 Å². The van der Waals surface area contributed by atoms with Crippen LogP contribution in [0.15, 0.2) is 60.9 Å². The van der Waals surface area contributed by atoms with Crippen molar-refractivity contribution in [3.63, 3.8) is 0 Å². The van der Waals surface area contributed by atoms with Crippen molar-refractivity contribution in [2.75, 3.05) is 7.11 Å². The van der Waals surface area contributed by atoms with E-state index in [9.17, 15) is 4.79 Å². The molecule has 0 fully saturated rings. The van der Waals surface area contributed by atoms with Gasteiger partial charge in [0.1, 0.15) is 5.65 Å². The zero-order valence-electron chi connectivity index (χ0n) is 13.5. The highest BCUT2D eigenvalue weighted by Crippen LogP contribution is 2.31. The van der Waals surface area contributed by atoms with Gasteiger partial charge in [-0.15, -0.1) is 0 Å². The van der Waals surface area contributed by atoms with E-state index >= 15 is 0 Å². The first-order chi connectivity index (χ1) is 11.7. The summed E-state index contributed by atoms with van der Waals surface area (Å²) in [5.41, 5.74) is 5.75. The number of aromatic nitrogens is 2. The zero-order valence-corrected chi connectivity index (χ0v) is 13.5. The summed E-state index contributed by atoms with van der Waals surface area (Å²) in [6.45, 7) is 2.07. The summed E-state index contributed by atoms with van der Waals surface area (Å²) in [5.74, 6) is -0.342. The fourth-order valence-corrected chi connectivity index (χ4v) is 3.01. The molecule has 0 spiro atoms. The van der Waals surface area contributed by atoms with E-state index in [1.165, 1.54) is 12.7 Å². The Kier molecular flexibility index (Phi) is 3.31. The van der Waals surface area contributed by atoms with Gasteiger partial charge in [0.25, 0.3) is 0 Å². The molecule has 4 rings (SSSR count). The first kappa shape index (κ1) is 14.5. The first-order valence-corrected chi connectivity index (χ1v) is 7.72. The van der Waals surface area contributed by atoms with E-state index < -0.39 is 0 Å². The summed E-state index contributed by atoms with van der Waals surface area (Å²) in [7, 11) is 1.39. The molecule has 24 heavy (non-hydrogen) atoms. The van der Waals surface area contributed by atoms with Crippen molar-refractivity contribution >= 4 is 22.5 Å². The van der Waals surface area contributed by atoms with Crippen LogP contribution >= 0.6 is 0 Å². The summed E-state index contributed by atoms with van der Waals surface area (Å²) in [6, 6.07) is 16.1. The average molecular weight is 316 g/mol. The molecule has 4 aromatic rings. The molecule has 0 atom stereocenters. The van der Waals surface area contributed by atoms with Gasteiger partial charge >= 0.3 is 5.97 Å². The molecule has 0 N–H and O–H groups in total. The van der Waals surface area contributed by atoms with Crippen LogP contribution in [0, 0.1) is 6.92 Å². The lowest BCUT2D eigenvalue weighted by Crippen LogP contribution is -2.02. The number of methoxy groups -OCH3 is 1. The van der Waals surface area contributed by atoms with Crippen molar-refractivity contribution in [1.29, 1.82) is 0 Å². The number of carbonyl (C=O) groups excluding carboxylic acids is 1. The summed E-state index contributed by atoms with van der Waals surface area (Å²) >= 11 is 0. The summed E-state index contributed by atoms with van der Waals surface area (Å²) in [4.78, 5) is 16.3. The zero-order chi connectivity index (χ0) is 16.7. The van der Waals surface area contributed by atoms with Crippen LogP contribution in [0.5, 0.6) is 0 Å². The lowest BCUT2D eigenvalue weighted by molar-refractivity contribution is 0.0601. The molecule has 0 aliphatic rings. The number of benzene rings is 2. The molecule has 0 amide bonds. The van der Waals surface area contributed by atoms with Gasteiger partial charge in [0.15, 0.2) is 0 Å². The Morgan fingerprint density at radius 2 is 1.88 bits per heavy atom. The first-order valence-electron chi connectivity index (χ1n) is 7.72. The molecule has 0 radical (unpaired) electrons. The van der Waals surface area contributed by atoms with Crippen molar-refractivity contribution in [1.82, 2.24) is 9.38 Å². The number of fused-ring (bicyclic) bond motifs is 3. The van der Waals surface area contributed by atoms with Gasteiger partial charge in [0, 0.05) is 17.8 Å². The van der Waals surface area contributed by atoms with Crippen LogP contribution in [0.2, 0.25) is 0 Å². The molecular formula is C20H16N2O2. The molecule has 2 aromatic carbocycles. The lowest BCUT2D eigenvalue weighted by Gasteiger charge is -2.11. The number of imidazole rings is 1. The Hall–Kier alpha value is -3.14. The Morgan fingerprint density at radius 3 is 2.62 bits per heavy atom. The van der Waals surface area contributed by atoms with Crippen LogP contribution in [0.1, 0.15) is 15.9 Å². The minimum absolute atomic E-state index is 0.342. The number of aryl methyl sites for hydroxylation is 1. The number of nitrogens with zero attached hydrogens (tertiary/aromatic N) is 2. The smallest absolute Gasteiger partial charge is 0.337 e. The van der Waals surface area contributed by atoms with Crippen molar-refractivity contribution in [2.45, 2.75) is 6.92 Å². The molecule has 0 bridgehead atoms. The molecule has 4 nitrogen and oxygen atoms in total. The largest absolute Gasteiger partial charge is 0.465 e. The fourth-order valence-electron chi connectivity index (χ4n) is 3.01. The van der Waals surface area contributed by atoms with Crippen molar-refractivity contribution < 1.29 is 9.53 Å². The van der Waals surface area contributed by atoms with E-state index in [2.05, 4.69) is 42.2 Å². The third-order valence-corrected chi connectivity index (χ3v) is 4.27. The lowest BCUT2D eigenvalue weighted by atomic mass is 9.99. The predicted molar refractivity (Wildman–Crippen MR) is 94.2 cm³/mol. The number of rotatable bonds is 2. The summed E-state index contributed by atoms with van der Waals surface area (Å²) < 4.78 is 6.83. The summed E-state index contributed by atoms with van der Waals surface area (Å²) in [5, 5.41) is 1.07. The number of carbonyl (C=O) groups is 1. The van der Waals surface area contributed by atoms with E-state index in [-0.39, 0.29) is 5.97 Å². The third-order valence-electron chi connectivity index (χ3n) is 4.27. The van der Waals surface area contributed by atoms with E-state index in [0.29, 0.717) is 5.56 Å². The maximum absolute atomic E-state index is 11.9. The van der Waals surface area contributed by atoms with Gasteiger partial charge in [0.2, 0.25) is 0 Å². The molecule has 0 saturated heterocycles. The molecule has 0 unspecified atom stereocenters. The van der Waals surface area contributed by atoms with Gasteiger partial charge in [-0.2, -0.15) is 0 Å². The number of ether oxygens (including phenoxy) is 1. The second kappa shape index (κ2) is 5.49. The van der Waals surface area contributed by atoms with E-state index in [0.717, 1.165) is 27.7 Å². The van der Waals surface area contributed by atoms with Crippen molar-refractivity contribution in [2.24, 2.45) is 0 Å². The number of hydrogen-bond donors (Lipinski definition) is 0. The second-order valence-corrected chi connectivity index (χ2v) is 5.80. The van der Waals surface area contributed by atoms with Crippen LogP contribution in [0.25, 0.3) is 27.7 Å². The molecule has 2 aromatic heterocycles. The number of pyridine rings is 1. The van der Waals surface area contributed by atoms with Crippen LogP contribution < -0.4 is 0 Å². The summed E-state index contributed by atoms with van der Waals surface area (Å²) in [6.07, 6.45) is 3.66. The Labute approximate surface area is 139 Å². The SMILES string of the molecule is COC(=O)c1ccc2c(-c3ccc(C)cc3)cc3nccn3c2c1. The van der Waals surface area contributed by atoms with Gasteiger partial charge in [-0.3, -0.25) is 4.40 Å². The van der Waals surface area contributed by atoms with Gasteiger partial charge in [-0.05, 0) is 36.2 Å². The van der Waals surface area contributed by atoms with E-state index in [1.54, 1.807) is 12.3 Å². The number of esters is 1. The Bertz CT molecular complexity index is 1060. The van der Waals surface area contributed by atoms with Crippen LogP contribution in [0.3, 0.4) is 0 Å². The molecule has 0 aliphatic carbocycles. The molecule has 2 heterocycles. The normalized spacial score (nSPS) is 11.1. The molecular weight excluding hydrogens is 300 g/mol. The Morgan fingerprint density at radius 1 is 1.08 bits per heavy atom.